The number of benzene rings is 4. The first-order valence-electron chi connectivity index (χ1n) is 15.4. The SMILES string of the molecule is COC(=O)[C@@H]1C2CCC(C[C@@H]1c1ccc(Cl)cc1)[N+]2(C)CC(C)SC(c1ccccc1)(c1ccccc1)c1ccccc1. The van der Waals surface area contributed by atoms with Gasteiger partial charge in [-0.15, -0.1) is 11.8 Å². The van der Waals surface area contributed by atoms with Gasteiger partial charge in [0.1, 0.15) is 12.0 Å². The van der Waals surface area contributed by atoms with Crippen LogP contribution >= 0.6 is 23.4 Å². The van der Waals surface area contributed by atoms with Crippen LogP contribution < -0.4 is 0 Å². The van der Waals surface area contributed by atoms with Crippen molar-refractivity contribution >= 4 is 29.3 Å². The Balaban J connectivity index is 1.37. The number of hydrogen-bond acceptors (Lipinski definition) is 3. The minimum Gasteiger partial charge on any atom is -0.469 e. The van der Waals surface area contributed by atoms with Gasteiger partial charge in [-0.05, 0) is 41.3 Å². The molecule has 0 saturated carbocycles. The van der Waals surface area contributed by atoms with Crippen molar-refractivity contribution in [2.24, 2.45) is 5.92 Å². The average molecular weight is 611 g/mol. The van der Waals surface area contributed by atoms with Crippen LogP contribution in [0.5, 0.6) is 0 Å². The summed E-state index contributed by atoms with van der Waals surface area (Å²) in [5, 5.41) is 1.03. The fraction of sp³-hybridized carbons (Fsp3) is 0.342. The van der Waals surface area contributed by atoms with E-state index in [1.807, 2.05) is 23.9 Å². The molecule has 222 valence electrons. The van der Waals surface area contributed by atoms with Crippen molar-refractivity contribution in [2.75, 3.05) is 20.7 Å². The van der Waals surface area contributed by atoms with Gasteiger partial charge in [-0.25, -0.2) is 0 Å². The number of carbonyl (C=O) groups excluding carboxylic acids is 1. The molecule has 6 atom stereocenters. The number of ether oxygens (including phenoxy) is 1. The van der Waals surface area contributed by atoms with Gasteiger partial charge < -0.3 is 9.22 Å². The predicted molar refractivity (Wildman–Crippen MR) is 178 cm³/mol. The molecule has 4 aromatic rings. The number of fused-ring (bicyclic) bond motifs is 2. The molecular formula is C38H41ClNO2S+. The van der Waals surface area contributed by atoms with Crippen molar-refractivity contribution in [3.8, 4) is 0 Å². The molecular weight excluding hydrogens is 570 g/mol. The quantitative estimate of drug-likeness (QED) is 0.108. The fourth-order valence-electron chi connectivity index (χ4n) is 8.25. The largest absolute Gasteiger partial charge is 0.469 e. The van der Waals surface area contributed by atoms with E-state index >= 15 is 0 Å². The zero-order chi connectivity index (χ0) is 30.0. The maximum absolute atomic E-state index is 13.5. The summed E-state index contributed by atoms with van der Waals surface area (Å²) in [4.78, 5) is 13.5. The Hall–Kier alpha value is -3.05. The summed E-state index contributed by atoms with van der Waals surface area (Å²) in [5.41, 5.74) is 5.04. The van der Waals surface area contributed by atoms with Crippen molar-refractivity contribution in [3.63, 3.8) is 0 Å². The smallest absolute Gasteiger partial charge is 0.315 e. The van der Waals surface area contributed by atoms with Crippen LogP contribution in [0.1, 0.15) is 54.4 Å². The minimum atomic E-state index is -0.370. The third-order valence-electron chi connectivity index (χ3n) is 10.1. The van der Waals surface area contributed by atoms with Gasteiger partial charge in [0.25, 0.3) is 0 Å². The van der Waals surface area contributed by atoms with E-state index in [0.29, 0.717) is 11.3 Å². The van der Waals surface area contributed by atoms with Gasteiger partial charge >= 0.3 is 5.97 Å². The lowest BCUT2D eigenvalue weighted by atomic mass is 9.74. The second kappa shape index (κ2) is 12.5. The molecule has 2 fully saturated rings. The molecule has 3 nitrogen and oxygen atoms in total. The van der Waals surface area contributed by atoms with Crippen molar-refractivity contribution in [1.82, 2.24) is 0 Å². The number of hydrogen-bond donors (Lipinski definition) is 0. The lowest BCUT2D eigenvalue weighted by molar-refractivity contribution is -0.950. The van der Waals surface area contributed by atoms with Gasteiger partial charge in [0.05, 0.1) is 36.7 Å². The summed E-state index contributed by atoms with van der Waals surface area (Å²) in [7, 11) is 3.95. The molecule has 4 unspecified atom stereocenters. The Kier molecular flexibility index (Phi) is 8.73. The Morgan fingerprint density at radius 2 is 1.37 bits per heavy atom. The van der Waals surface area contributed by atoms with E-state index in [-0.39, 0.29) is 28.6 Å². The summed E-state index contributed by atoms with van der Waals surface area (Å²) in [6, 6.07) is 41.6. The molecule has 0 radical (unpaired) electrons. The van der Waals surface area contributed by atoms with Crippen LogP contribution in [0, 0.1) is 5.92 Å². The molecule has 6 rings (SSSR count). The summed E-state index contributed by atoms with van der Waals surface area (Å²) < 4.78 is 6.03. The fourth-order valence-corrected chi connectivity index (χ4v) is 10.2. The molecule has 2 aliphatic heterocycles. The molecule has 0 aromatic heterocycles. The molecule has 0 spiro atoms. The lowest BCUT2D eigenvalue weighted by Crippen LogP contribution is -2.64. The number of thioether (sulfide) groups is 1. The maximum Gasteiger partial charge on any atom is 0.315 e. The average Bonchev–Trinajstić information content (AvgIpc) is 3.21. The Morgan fingerprint density at radius 3 is 1.86 bits per heavy atom. The topological polar surface area (TPSA) is 26.3 Å². The first kappa shape index (κ1) is 30.0. The summed E-state index contributed by atoms with van der Waals surface area (Å²) in [5.74, 6) is -0.107. The molecule has 2 saturated heterocycles. The second-order valence-corrected chi connectivity index (χ2v) is 14.6. The van der Waals surface area contributed by atoms with Gasteiger partial charge in [0.15, 0.2) is 0 Å². The van der Waals surface area contributed by atoms with Gasteiger partial charge in [-0.1, -0.05) is 115 Å². The predicted octanol–water partition coefficient (Wildman–Crippen LogP) is 8.71. The molecule has 5 heteroatoms. The molecule has 4 aromatic carbocycles. The third-order valence-corrected chi connectivity index (χ3v) is 12.0. The maximum atomic E-state index is 13.5. The van der Waals surface area contributed by atoms with Crippen LogP contribution in [-0.4, -0.2) is 48.5 Å². The summed E-state index contributed by atoms with van der Waals surface area (Å²) >= 11 is 8.28. The highest BCUT2D eigenvalue weighted by Crippen LogP contribution is 2.54. The molecule has 0 aliphatic carbocycles. The first-order chi connectivity index (χ1) is 20.9. The number of rotatable bonds is 9. The second-order valence-electron chi connectivity index (χ2n) is 12.5. The van der Waals surface area contributed by atoms with Crippen molar-refractivity contribution < 1.29 is 14.0 Å². The highest BCUT2D eigenvalue weighted by atomic mass is 35.5. The number of nitrogens with zero attached hydrogens (tertiary/aromatic N) is 1. The highest BCUT2D eigenvalue weighted by molar-refractivity contribution is 8.01. The standard InChI is InChI=1S/C38H41ClNO2S/c1-27(43-38(29-13-7-4-8-14-29,30-15-9-5-10-16-30)31-17-11-6-12-18-31)26-40(2)33-23-24-35(40)36(37(41)42-3)34(25-33)28-19-21-32(39)22-20-28/h4-22,27,33-36H,23-26H2,1-3H3/q+1/t27?,33?,34-,35?,36+,40?/m1/s1. The van der Waals surface area contributed by atoms with Gasteiger partial charge in [-0.2, -0.15) is 0 Å². The molecule has 2 aliphatic rings. The number of methoxy groups -OCH3 is 1. The van der Waals surface area contributed by atoms with E-state index in [9.17, 15) is 4.79 Å². The van der Waals surface area contributed by atoms with Crippen LogP contribution in [0.2, 0.25) is 5.02 Å². The van der Waals surface area contributed by atoms with Crippen LogP contribution in [0.25, 0.3) is 0 Å². The number of piperidine rings is 1. The zero-order valence-corrected chi connectivity index (χ0v) is 26.8. The summed E-state index contributed by atoms with van der Waals surface area (Å²) in [6.07, 6.45) is 3.16. The zero-order valence-electron chi connectivity index (χ0n) is 25.2. The van der Waals surface area contributed by atoms with E-state index < -0.39 is 0 Å². The molecule has 2 bridgehead atoms. The van der Waals surface area contributed by atoms with Gasteiger partial charge in [0, 0.05) is 30.2 Å². The summed E-state index contributed by atoms with van der Waals surface area (Å²) in [6.45, 7) is 3.37. The van der Waals surface area contributed by atoms with Gasteiger partial charge in [-0.3, -0.25) is 4.79 Å². The number of halogens is 1. The molecule has 2 heterocycles. The third kappa shape index (κ3) is 5.54. The molecule has 0 N–H and O–H groups in total. The van der Waals surface area contributed by atoms with Crippen LogP contribution in [0.4, 0.5) is 0 Å². The van der Waals surface area contributed by atoms with Crippen LogP contribution in [0.15, 0.2) is 115 Å². The number of quaternary nitrogens is 1. The number of carbonyl (C=O) groups is 1. The van der Waals surface area contributed by atoms with E-state index in [1.54, 1.807) is 7.11 Å². The van der Waals surface area contributed by atoms with Crippen LogP contribution in [0.3, 0.4) is 0 Å². The Morgan fingerprint density at radius 1 is 0.860 bits per heavy atom. The monoisotopic (exact) mass is 610 g/mol. The Labute approximate surface area is 265 Å². The normalized spacial score (nSPS) is 25.7. The van der Waals surface area contributed by atoms with Crippen molar-refractivity contribution in [1.29, 1.82) is 0 Å². The van der Waals surface area contributed by atoms with Gasteiger partial charge in [0.2, 0.25) is 0 Å². The van der Waals surface area contributed by atoms with E-state index in [4.69, 9.17) is 16.3 Å². The number of esters is 1. The van der Waals surface area contributed by atoms with Crippen molar-refractivity contribution in [2.45, 2.75) is 54.2 Å². The lowest BCUT2D eigenvalue weighted by Gasteiger charge is -2.51. The van der Waals surface area contributed by atoms with E-state index in [1.165, 1.54) is 22.3 Å². The van der Waals surface area contributed by atoms with Crippen molar-refractivity contribution in [3.05, 3.63) is 143 Å². The Bertz CT molecular complexity index is 1420. The molecule has 43 heavy (non-hydrogen) atoms. The van der Waals surface area contributed by atoms with E-state index in [0.717, 1.165) is 35.3 Å². The van der Waals surface area contributed by atoms with E-state index in [2.05, 4.69) is 117 Å². The van der Waals surface area contributed by atoms with Crippen LogP contribution in [-0.2, 0) is 14.3 Å². The minimum absolute atomic E-state index is 0.0813. The first-order valence-corrected chi connectivity index (χ1v) is 16.6. The highest BCUT2D eigenvalue weighted by Gasteiger charge is 2.60. The molecule has 0 amide bonds.